The summed E-state index contributed by atoms with van der Waals surface area (Å²) >= 11 is 0. The van der Waals surface area contributed by atoms with Gasteiger partial charge in [-0.15, -0.1) is 0 Å². The van der Waals surface area contributed by atoms with Gasteiger partial charge in [0.2, 0.25) is 0 Å². The summed E-state index contributed by atoms with van der Waals surface area (Å²) in [5.41, 5.74) is 9.48. The van der Waals surface area contributed by atoms with Gasteiger partial charge in [-0.3, -0.25) is 4.57 Å². The maximum absolute atomic E-state index is 14.2. The molecule has 10 heteroatoms. The molecule has 3 heterocycles. The van der Waals surface area contributed by atoms with Crippen molar-refractivity contribution >= 4 is 17.0 Å². The minimum absolute atomic E-state index is 0.0503. The van der Waals surface area contributed by atoms with Crippen molar-refractivity contribution in [3.63, 3.8) is 0 Å². The first-order chi connectivity index (χ1) is 20.2. The number of hydrogen-bond acceptors (Lipinski definition) is 8. The van der Waals surface area contributed by atoms with Gasteiger partial charge in [-0.25, -0.2) is 4.98 Å². The lowest BCUT2D eigenvalue weighted by Gasteiger charge is -2.25. The highest BCUT2D eigenvalue weighted by molar-refractivity contribution is 5.81. The second-order valence-corrected chi connectivity index (χ2v) is 9.79. The average Bonchev–Trinajstić information content (AvgIpc) is 3.57. The number of benzene rings is 3. The van der Waals surface area contributed by atoms with Crippen LogP contribution in [0.1, 0.15) is 22.9 Å². The summed E-state index contributed by atoms with van der Waals surface area (Å²) in [4.78, 5) is 11.9. The molecule has 0 bridgehead atoms. The summed E-state index contributed by atoms with van der Waals surface area (Å²) in [6.45, 7) is 1.31. The van der Waals surface area contributed by atoms with Gasteiger partial charge in [0.15, 0.2) is 23.2 Å². The summed E-state index contributed by atoms with van der Waals surface area (Å²) < 4.78 is 41.5. The van der Waals surface area contributed by atoms with Crippen molar-refractivity contribution in [2.45, 2.75) is 44.4 Å². The minimum atomic E-state index is -0.948. The third-order valence-corrected chi connectivity index (χ3v) is 6.94. The molecule has 1 saturated heterocycles. The van der Waals surface area contributed by atoms with Gasteiger partial charge in [0, 0.05) is 0 Å². The van der Waals surface area contributed by atoms with Crippen molar-refractivity contribution in [3.05, 3.63) is 120 Å². The molecule has 2 aromatic heterocycles. The molecule has 1 aliphatic heterocycles. The standard InChI is InChI=1S/C31H30FN5O4/c32-31-35-28(33)25-29(36-31)37(20-34-25)30-27(40-18-23-14-8-3-9-15-23)26(39-17-22-12-6-2-7-13-22)24(41-30)19-38-16-21-10-4-1-5-11-21/h1-15,20,24,26-27,30H,16-19H2,(H2,33,35,36)/t24-,26-,27+,30-/m1/s1. The molecule has 210 valence electrons. The fraction of sp³-hybridized carbons (Fsp3) is 0.258. The minimum Gasteiger partial charge on any atom is -0.382 e. The van der Waals surface area contributed by atoms with E-state index in [0.717, 1.165) is 16.7 Å². The van der Waals surface area contributed by atoms with E-state index in [1.165, 1.54) is 6.33 Å². The van der Waals surface area contributed by atoms with Gasteiger partial charge in [-0.2, -0.15) is 14.4 Å². The molecule has 9 nitrogen and oxygen atoms in total. The second kappa shape index (κ2) is 12.5. The van der Waals surface area contributed by atoms with Crippen LogP contribution in [-0.2, 0) is 38.8 Å². The highest BCUT2D eigenvalue weighted by Gasteiger charge is 2.48. The second-order valence-electron chi connectivity index (χ2n) is 9.79. The maximum atomic E-state index is 14.2. The first-order valence-electron chi connectivity index (χ1n) is 13.4. The van der Waals surface area contributed by atoms with Gasteiger partial charge in [-0.05, 0) is 16.7 Å². The Morgan fingerprint density at radius 2 is 1.32 bits per heavy atom. The molecule has 0 saturated carbocycles. The largest absolute Gasteiger partial charge is 0.382 e. The summed E-state index contributed by atoms with van der Waals surface area (Å²) in [5.74, 6) is -0.0503. The van der Waals surface area contributed by atoms with Crippen LogP contribution in [0.4, 0.5) is 10.2 Å². The van der Waals surface area contributed by atoms with E-state index in [1.807, 2.05) is 91.0 Å². The fourth-order valence-electron chi connectivity index (χ4n) is 4.94. The highest BCUT2D eigenvalue weighted by atomic mass is 19.1. The topological polar surface area (TPSA) is 107 Å². The smallest absolute Gasteiger partial charge is 0.312 e. The number of halogens is 1. The van der Waals surface area contributed by atoms with Gasteiger partial charge in [0.1, 0.15) is 18.3 Å². The number of rotatable bonds is 11. The number of imidazole rings is 1. The molecule has 0 amide bonds. The molecule has 41 heavy (non-hydrogen) atoms. The molecule has 5 aromatic rings. The molecule has 0 spiro atoms. The van der Waals surface area contributed by atoms with Crippen LogP contribution in [0.2, 0.25) is 0 Å². The number of ether oxygens (including phenoxy) is 4. The van der Waals surface area contributed by atoms with E-state index >= 15 is 0 Å². The van der Waals surface area contributed by atoms with Crippen LogP contribution in [0.25, 0.3) is 11.2 Å². The number of fused-ring (bicyclic) bond motifs is 1. The average molecular weight is 556 g/mol. The van der Waals surface area contributed by atoms with Crippen LogP contribution in [-0.4, -0.2) is 44.4 Å². The van der Waals surface area contributed by atoms with Crippen LogP contribution >= 0.6 is 0 Å². The number of anilines is 1. The zero-order valence-electron chi connectivity index (χ0n) is 22.3. The maximum Gasteiger partial charge on any atom is 0.312 e. The lowest BCUT2D eigenvalue weighted by atomic mass is 10.1. The Kier molecular flexibility index (Phi) is 8.24. The van der Waals surface area contributed by atoms with Crippen molar-refractivity contribution < 1.29 is 23.3 Å². The van der Waals surface area contributed by atoms with Crippen LogP contribution in [0, 0.1) is 6.08 Å². The molecular formula is C31H30FN5O4. The Morgan fingerprint density at radius 3 is 1.93 bits per heavy atom. The van der Waals surface area contributed by atoms with Gasteiger partial charge in [0.25, 0.3) is 0 Å². The number of nitrogens with two attached hydrogens (primary N) is 1. The molecule has 2 N–H and O–H groups in total. The summed E-state index contributed by atoms with van der Waals surface area (Å²) in [6, 6.07) is 29.6. The van der Waals surface area contributed by atoms with E-state index in [2.05, 4.69) is 15.0 Å². The highest BCUT2D eigenvalue weighted by Crippen LogP contribution is 2.37. The molecule has 0 aliphatic carbocycles. The van der Waals surface area contributed by atoms with E-state index in [0.29, 0.717) is 19.8 Å². The van der Waals surface area contributed by atoms with Crippen molar-refractivity contribution in [2.75, 3.05) is 12.3 Å². The first-order valence-corrected chi connectivity index (χ1v) is 13.4. The lowest BCUT2D eigenvalue weighted by Crippen LogP contribution is -2.38. The van der Waals surface area contributed by atoms with Crippen molar-refractivity contribution in [1.82, 2.24) is 19.5 Å². The molecule has 0 radical (unpaired) electrons. The van der Waals surface area contributed by atoms with Gasteiger partial charge < -0.3 is 24.7 Å². The Labute approximate surface area is 236 Å². The third-order valence-electron chi connectivity index (χ3n) is 6.94. The predicted molar refractivity (Wildman–Crippen MR) is 150 cm³/mol. The molecule has 6 rings (SSSR count). The van der Waals surface area contributed by atoms with Crippen molar-refractivity contribution in [2.24, 2.45) is 0 Å². The Bertz CT molecular complexity index is 1550. The molecule has 4 atom stereocenters. The number of nitrogen functional groups attached to an aromatic ring is 1. The monoisotopic (exact) mass is 555 g/mol. The van der Waals surface area contributed by atoms with E-state index in [1.54, 1.807) is 4.57 Å². The molecule has 0 unspecified atom stereocenters. The predicted octanol–water partition coefficient (Wildman–Crippen LogP) is 4.83. The molecule has 3 aromatic carbocycles. The normalized spacial score (nSPS) is 20.5. The Morgan fingerprint density at radius 1 is 0.756 bits per heavy atom. The number of hydrogen-bond donors (Lipinski definition) is 1. The van der Waals surface area contributed by atoms with Crippen molar-refractivity contribution in [3.8, 4) is 0 Å². The molecular weight excluding hydrogens is 525 g/mol. The molecule has 1 aliphatic rings. The van der Waals surface area contributed by atoms with Gasteiger partial charge in [0.05, 0.1) is 32.8 Å². The number of nitrogens with zero attached hydrogens (tertiary/aromatic N) is 4. The van der Waals surface area contributed by atoms with Crippen LogP contribution < -0.4 is 5.73 Å². The van der Waals surface area contributed by atoms with Crippen LogP contribution in [0.15, 0.2) is 97.3 Å². The summed E-state index contributed by atoms with van der Waals surface area (Å²) in [5, 5.41) is 0. The summed E-state index contributed by atoms with van der Waals surface area (Å²) in [6.07, 6.45) is -1.82. The summed E-state index contributed by atoms with van der Waals surface area (Å²) in [7, 11) is 0. The van der Waals surface area contributed by atoms with Crippen molar-refractivity contribution in [1.29, 1.82) is 0 Å². The Balaban J connectivity index is 1.31. The SMILES string of the molecule is Nc1nc(F)nc2c1ncn2[C@@H]1O[C@H](COCc2ccccc2)[C@@H](OCc2ccccc2)[C@@H]1OCc1ccccc1. The third kappa shape index (κ3) is 6.26. The van der Waals surface area contributed by atoms with Gasteiger partial charge >= 0.3 is 6.08 Å². The van der Waals surface area contributed by atoms with Crippen LogP contribution in [0.5, 0.6) is 0 Å². The zero-order valence-corrected chi connectivity index (χ0v) is 22.3. The van der Waals surface area contributed by atoms with Crippen LogP contribution in [0.3, 0.4) is 0 Å². The number of aromatic nitrogens is 4. The van der Waals surface area contributed by atoms with E-state index in [4.69, 9.17) is 24.7 Å². The first kappa shape index (κ1) is 27.0. The lowest BCUT2D eigenvalue weighted by molar-refractivity contribution is -0.0913. The van der Waals surface area contributed by atoms with Gasteiger partial charge in [-0.1, -0.05) is 91.0 Å². The zero-order chi connectivity index (χ0) is 28.0. The van der Waals surface area contributed by atoms with E-state index < -0.39 is 30.6 Å². The fourth-order valence-corrected chi connectivity index (χ4v) is 4.94. The quantitative estimate of drug-likeness (QED) is 0.231. The molecule has 1 fully saturated rings. The van der Waals surface area contributed by atoms with E-state index in [-0.39, 0.29) is 23.6 Å². The Hall–Kier alpha value is -4.22. The van der Waals surface area contributed by atoms with E-state index in [9.17, 15) is 4.39 Å².